The average molecular weight is 530 g/mol. The van der Waals surface area contributed by atoms with Crippen LogP contribution in [0.1, 0.15) is 56.3 Å². The second-order valence-corrected chi connectivity index (χ2v) is 6.75. The van der Waals surface area contributed by atoms with Crippen molar-refractivity contribution in [3.8, 4) is 11.5 Å². The molecule has 0 aliphatic heterocycles. The number of ether oxygens (including phenoxy) is 2. The van der Waals surface area contributed by atoms with E-state index >= 15 is 0 Å². The molecule has 0 fully saturated rings. The first-order valence-electron chi connectivity index (χ1n) is 10.4. The van der Waals surface area contributed by atoms with E-state index in [9.17, 15) is 0 Å². The van der Waals surface area contributed by atoms with Crippen molar-refractivity contribution in [2.45, 2.75) is 54.0 Å². The van der Waals surface area contributed by atoms with Crippen LogP contribution in [0, 0.1) is 13.8 Å². The van der Waals surface area contributed by atoms with Crippen LogP contribution in [0.15, 0.2) is 27.7 Å². The third-order valence-electron chi connectivity index (χ3n) is 4.58. The van der Waals surface area contributed by atoms with Crippen LogP contribution in [0.4, 0.5) is 0 Å². The Labute approximate surface area is 197 Å². The van der Waals surface area contributed by atoms with Gasteiger partial charge in [-0.15, -0.1) is 24.0 Å². The van der Waals surface area contributed by atoms with Crippen molar-refractivity contribution >= 4 is 29.9 Å². The highest BCUT2D eigenvalue weighted by atomic mass is 127. The van der Waals surface area contributed by atoms with Crippen molar-refractivity contribution in [3.63, 3.8) is 0 Å². The molecule has 2 rings (SSSR count). The molecule has 2 aromatic rings. The Morgan fingerprint density at radius 1 is 1.13 bits per heavy atom. The minimum Gasteiger partial charge on any atom is -0.490 e. The van der Waals surface area contributed by atoms with Crippen LogP contribution in [0.25, 0.3) is 0 Å². The van der Waals surface area contributed by atoms with Gasteiger partial charge in [-0.1, -0.05) is 11.2 Å². The lowest BCUT2D eigenvalue weighted by atomic mass is 10.1. The zero-order chi connectivity index (χ0) is 21.2. The molecule has 8 heteroatoms. The summed E-state index contributed by atoms with van der Waals surface area (Å²) in [7, 11) is 0. The number of aliphatic imine (C=N–C) groups is 1. The van der Waals surface area contributed by atoms with Crippen molar-refractivity contribution < 1.29 is 14.0 Å². The van der Waals surface area contributed by atoms with Gasteiger partial charge in [0, 0.05) is 18.7 Å². The number of hydrogen-bond acceptors (Lipinski definition) is 5. The highest BCUT2D eigenvalue weighted by Gasteiger charge is 2.13. The lowest BCUT2D eigenvalue weighted by Gasteiger charge is -2.20. The van der Waals surface area contributed by atoms with Gasteiger partial charge in [0.1, 0.15) is 5.76 Å². The molecular weight excluding hydrogens is 495 g/mol. The first kappa shape index (κ1) is 26.1. The molecule has 0 aliphatic rings. The van der Waals surface area contributed by atoms with Gasteiger partial charge in [-0.2, -0.15) is 0 Å². The Hall–Kier alpha value is -1.97. The van der Waals surface area contributed by atoms with E-state index in [1.165, 1.54) is 0 Å². The lowest BCUT2D eigenvalue weighted by Crippen LogP contribution is -2.38. The molecule has 0 saturated carbocycles. The van der Waals surface area contributed by atoms with E-state index < -0.39 is 0 Å². The summed E-state index contributed by atoms with van der Waals surface area (Å²) in [6.45, 7) is 14.6. The van der Waals surface area contributed by atoms with Crippen LogP contribution >= 0.6 is 24.0 Å². The van der Waals surface area contributed by atoms with Crippen molar-refractivity contribution in [2.24, 2.45) is 4.99 Å². The number of guanidine groups is 1. The number of aryl methyl sites for hydroxylation is 2. The Balaban J connectivity index is 0.00000450. The molecule has 1 aromatic heterocycles. The first-order chi connectivity index (χ1) is 14.0. The molecule has 30 heavy (non-hydrogen) atoms. The van der Waals surface area contributed by atoms with E-state index in [4.69, 9.17) is 19.0 Å². The zero-order valence-electron chi connectivity index (χ0n) is 18.9. The van der Waals surface area contributed by atoms with Crippen LogP contribution < -0.4 is 20.1 Å². The third-order valence-corrected chi connectivity index (χ3v) is 4.58. The molecule has 0 bridgehead atoms. The van der Waals surface area contributed by atoms with Crippen LogP contribution in [0.5, 0.6) is 11.5 Å². The Kier molecular flexibility index (Phi) is 11.6. The third kappa shape index (κ3) is 7.37. The van der Waals surface area contributed by atoms with E-state index in [1.807, 2.05) is 39.8 Å². The molecule has 0 radical (unpaired) electrons. The summed E-state index contributed by atoms with van der Waals surface area (Å²) in [5.41, 5.74) is 3.17. The fraction of sp³-hybridized carbons (Fsp3) is 0.545. The topological polar surface area (TPSA) is 80.9 Å². The van der Waals surface area contributed by atoms with E-state index in [1.54, 1.807) is 0 Å². The van der Waals surface area contributed by atoms with Crippen LogP contribution in [-0.4, -0.2) is 37.4 Å². The smallest absolute Gasteiger partial charge is 0.191 e. The number of aromatic nitrogens is 1. The molecule has 168 valence electrons. The Morgan fingerprint density at radius 3 is 2.43 bits per heavy atom. The monoisotopic (exact) mass is 530 g/mol. The number of nitrogens with one attached hydrogen (secondary N) is 2. The minimum atomic E-state index is 0. The fourth-order valence-corrected chi connectivity index (χ4v) is 3.08. The highest BCUT2D eigenvalue weighted by molar-refractivity contribution is 14.0. The SMILES string of the molecule is CCNC(=NCCc1c(C)noc1C)NC(C)c1ccc(OCC)c(OCC)c1.I. The van der Waals surface area contributed by atoms with Gasteiger partial charge in [0.05, 0.1) is 24.9 Å². The summed E-state index contributed by atoms with van der Waals surface area (Å²) in [5.74, 6) is 3.17. The standard InChI is InChI=1S/C22H34N4O3.HI/c1-7-23-22(24-13-12-19-16(5)26-29-17(19)6)25-15(4)18-10-11-20(27-8-2)21(14-18)28-9-3;/h10-11,14-15H,7-9,12-13H2,1-6H3,(H2,23,24,25);1H. The van der Waals surface area contributed by atoms with Crippen LogP contribution in [0.2, 0.25) is 0 Å². The molecule has 0 spiro atoms. The van der Waals surface area contributed by atoms with Crippen molar-refractivity contribution in [3.05, 3.63) is 40.8 Å². The normalized spacial score (nSPS) is 12.1. The predicted octanol–water partition coefficient (Wildman–Crippen LogP) is 4.57. The van der Waals surface area contributed by atoms with Crippen molar-refractivity contribution in [2.75, 3.05) is 26.3 Å². The molecule has 1 unspecified atom stereocenters. The molecule has 7 nitrogen and oxygen atoms in total. The maximum atomic E-state index is 5.75. The first-order valence-corrected chi connectivity index (χ1v) is 10.4. The molecule has 1 aromatic carbocycles. The average Bonchev–Trinajstić information content (AvgIpc) is 3.01. The van der Waals surface area contributed by atoms with Gasteiger partial charge >= 0.3 is 0 Å². The van der Waals surface area contributed by atoms with Gasteiger partial charge in [-0.3, -0.25) is 4.99 Å². The maximum Gasteiger partial charge on any atom is 0.191 e. The Morgan fingerprint density at radius 2 is 1.83 bits per heavy atom. The van der Waals surface area contributed by atoms with Gasteiger partial charge in [-0.05, 0) is 65.7 Å². The molecule has 0 aliphatic carbocycles. The maximum absolute atomic E-state index is 5.75. The van der Waals surface area contributed by atoms with E-state index in [0.29, 0.717) is 19.8 Å². The lowest BCUT2D eigenvalue weighted by molar-refractivity contribution is 0.287. The van der Waals surface area contributed by atoms with Crippen LogP contribution in [0.3, 0.4) is 0 Å². The van der Waals surface area contributed by atoms with E-state index in [-0.39, 0.29) is 30.0 Å². The second-order valence-electron chi connectivity index (χ2n) is 6.75. The van der Waals surface area contributed by atoms with E-state index in [0.717, 1.165) is 53.0 Å². The summed E-state index contributed by atoms with van der Waals surface area (Å²) in [5, 5.41) is 10.8. The number of halogens is 1. The molecule has 2 N–H and O–H groups in total. The predicted molar refractivity (Wildman–Crippen MR) is 131 cm³/mol. The number of rotatable bonds is 10. The number of benzene rings is 1. The largest absolute Gasteiger partial charge is 0.490 e. The molecule has 0 saturated heterocycles. The van der Waals surface area contributed by atoms with E-state index in [2.05, 4.69) is 35.7 Å². The molecule has 0 amide bonds. The van der Waals surface area contributed by atoms with Crippen molar-refractivity contribution in [1.29, 1.82) is 0 Å². The summed E-state index contributed by atoms with van der Waals surface area (Å²) >= 11 is 0. The summed E-state index contributed by atoms with van der Waals surface area (Å²) < 4.78 is 16.6. The summed E-state index contributed by atoms with van der Waals surface area (Å²) in [4.78, 5) is 4.71. The van der Waals surface area contributed by atoms with Crippen molar-refractivity contribution in [1.82, 2.24) is 15.8 Å². The molecule has 1 atom stereocenters. The quantitative estimate of drug-likeness (QED) is 0.266. The zero-order valence-corrected chi connectivity index (χ0v) is 21.2. The van der Waals surface area contributed by atoms with Gasteiger partial charge in [-0.25, -0.2) is 0 Å². The molecule has 1 heterocycles. The fourth-order valence-electron chi connectivity index (χ4n) is 3.08. The summed E-state index contributed by atoms with van der Waals surface area (Å²) in [6, 6.07) is 6.10. The van der Waals surface area contributed by atoms with Gasteiger partial charge in [0.15, 0.2) is 17.5 Å². The Bertz CT molecular complexity index is 788. The second kappa shape index (κ2) is 13.4. The highest BCUT2D eigenvalue weighted by Crippen LogP contribution is 2.30. The summed E-state index contributed by atoms with van der Waals surface area (Å²) in [6.07, 6.45) is 0.795. The van der Waals surface area contributed by atoms with Gasteiger partial charge in [0.25, 0.3) is 0 Å². The number of hydrogen-bond donors (Lipinski definition) is 2. The van der Waals surface area contributed by atoms with Gasteiger partial charge in [0.2, 0.25) is 0 Å². The van der Waals surface area contributed by atoms with Crippen LogP contribution in [-0.2, 0) is 6.42 Å². The molecular formula is C22H35IN4O3. The van der Waals surface area contributed by atoms with Gasteiger partial charge < -0.3 is 24.6 Å². The number of nitrogens with zero attached hydrogens (tertiary/aromatic N) is 2. The minimum absolute atomic E-state index is 0.